The number of hydrogen-bond acceptors (Lipinski definition) is 2. The molecule has 1 aliphatic carbocycles. The predicted octanol–water partition coefficient (Wildman–Crippen LogP) is 2.53. The normalized spacial score (nSPS) is 18.6. The fourth-order valence-electron chi connectivity index (χ4n) is 2.30. The molecule has 1 saturated carbocycles. The Hall–Kier alpha value is -0.860. The Balaban J connectivity index is 1.88. The van der Waals surface area contributed by atoms with Gasteiger partial charge in [0.25, 0.3) is 0 Å². The van der Waals surface area contributed by atoms with Gasteiger partial charge in [0.15, 0.2) is 0 Å². The summed E-state index contributed by atoms with van der Waals surface area (Å²) in [6.07, 6.45) is 3.83. The molecule has 2 N–H and O–H groups in total. The van der Waals surface area contributed by atoms with Crippen LogP contribution in [0.1, 0.15) is 30.9 Å². The third-order valence-electron chi connectivity index (χ3n) is 3.81. The van der Waals surface area contributed by atoms with Gasteiger partial charge in [0.1, 0.15) is 0 Å². The van der Waals surface area contributed by atoms with Crippen LogP contribution < -0.4 is 5.32 Å². The molecule has 18 heavy (non-hydrogen) atoms. The largest absolute Gasteiger partial charge is 0.396 e. The van der Waals surface area contributed by atoms with Gasteiger partial charge in [-0.05, 0) is 43.6 Å². The maximum Gasteiger partial charge on any atom is 0.0468 e. The summed E-state index contributed by atoms with van der Waals surface area (Å²) in [6, 6.07) is 9.44. The van der Waals surface area contributed by atoms with E-state index in [-0.39, 0.29) is 6.61 Å². The van der Waals surface area contributed by atoms with Gasteiger partial charge in [-0.3, -0.25) is 0 Å². The number of rotatable bonds is 7. The molecule has 2 rings (SSSR count). The van der Waals surface area contributed by atoms with Crippen LogP contribution in [0.25, 0.3) is 0 Å². The third kappa shape index (κ3) is 4.11. The highest BCUT2D eigenvalue weighted by atomic mass is 16.3. The van der Waals surface area contributed by atoms with Crippen molar-refractivity contribution >= 4 is 0 Å². The SMILES string of the molecule is Cc1ccc(CC(NCC(C)CO)C2CC2)cc1. The van der Waals surface area contributed by atoms with Crippen LogP contribution in [-0.4, -0.2) is 24.3 Å². The van der Waals surface area contributed by atoms with Gasteiger partial charge in [-0.15, -0.1) is 0 Å². The van der Waals surface area contributed by atoms with Gasteiger partial charge in [0, 0.05) is 19.2 Å². The van der Waals surface area contributed by atoms with Crippen LogP contribution in [0.3, 0.4) is 0 Å². The van der Waals surface area contributed by atoms with E-state index in [1.54, 1.807) is 0 Å². The summed E-state index contributed by atoms with van der Waals surface area (Å²) in [5.74, 6) is 1.20. The van der Waals surface area contributed by atoms with Crippen molar-refractivity contribution in [3.63, 3.8) is 0 Å². The first kappa shape index (κ1) is 13.6. The fraction of sp³-hybridized carbons (Fsp3) is 0.625. The molecule has 1 aromatic rings. The van der Waals surface area contributed by atoms with E-state index in [0.29, 0.717) is 12.0 Å². The molecule has 100 valence electrons. The second-order valence-corrected chi connectivity index (χ2v) is 5.83. The average Bonchev–Trinajstić information content (AvgIpc) is 3.20. The minimum absolute atomic E-state index is 0.273. The third-order valence-corrected chi connectivity index (χ3v) is 3.81. The molecule has 1 aromatic carbocycles. The van der Waals surface area contributed by atoms with Crippen LogP contribution in [0.4, 0.5) is 0 Å². The number of nitrogens with one attached hydrogen (secondary N) is 1. The number of aliphatic hydroxyl groups excluding tert-OH is 1. The highest BCUT2D eigenvalue weighted by molar-refractivity contribution is 5.22. The lowest BCUT2D eigenvalue weighted by Gasteiger charge is -2.20. The highest BCUT2D eigenvalue weighted by Crippen LogP contribution is 2.34. The molecule has 0 bridgehead atoms. The number of benzene rings is 1. The summed E-state index contributed by atoms with van der Waals surface area (Å²) >= 11 is 0. The highest BCUT2D eigenvalue weighted by Gasteiger charge is 2.30. The molecule has 0 spiro atoms. The first-order valence-corrected chi connectivity index (χ1v) is 7.09. The van der Waals surface area contributed by atoms with E-state index in [0.717, 1.165) is 18.9 Å². The van der Waals surface area contributed by atoms with Crippen LogP contribution in [0, 0.1) is 18.8 Å². The lowest BCUT2D eigenvalue weighted by molar-refractivity contribution is 0.228. The molecule has 0 radical (unpaired) electrons. The molecule has 2 unspecified atom stereocenters. The maximum absolute atomic E-state index is 9.08. The second kappa shape index (κ2) is 6.35. The Morgan fingerprint density at radius 1 is 1.28 bits per heavy atom. The summed E-state index contributed by atoms with van der Waals surface area (Å²) in [5.41, 5.74) is 2.74. The van der Waals surface area contributed by atoms with E-state index in [2.05, 4.69) is 43.4 Å². The summed E-state index contributed by atoms with van der Waals surface area (Å²) < 4.78 is 0. The van der Waals surface area contributed by atoms with Crippen LogP contribution in [-0.2, 0) is 6.42 Å². The van der Waals surface area contributed by atoms with Crippen molar-refractivity contribution in [2.24, 2.45) is 11.8 Å². The van der Waals surface area contributed by atoms with Crippen molar-refractivity contribution in [3.8, 4) is 0 Å². The molecule has 2 heteroatoms. The molecule has 1 aliphatic rings. The molecule has 2 atom stereocenters. The van der Waals surface area contributed by atoms with Crippen LogP contribution in [0.15, 0.2) is 24.3 Å². The van der Waals surface area contributed by atoms with Gasteiger partial charge >= 0.3 is 0 Å². The Labute approximate surface area is 110 Å². The second-order valence-electron chi connectivity index (χ2n) is 5.83. The van der Waals surface area contributed by atoms with Crippen molar-refractivity contribution in [2.45, 2.75) is 39.2 Å². The molecule has 0 amide bonds. The molecule has 0 heterocycles. The number of aliphatic hydroxyl groups is 1. The maximum atomic E-state index is 9.08. The van der Waals surface area contributed by atoms with Gasteiger partial charge in [0.05, 0.1) is 0 Å². The van der Waals surface area contributed by atoms with Crippen LogP contribution in [0.2, 0.25) is 0 Å². The van der Waals surface area contributed by atoms with Crippen LogP contribution in [0.5, 0.6) is 0 Å². The molecular weight excluding hydrogens is 222 g/mol. The average molecular weight is 247 g/mol. The van der Waals surface area contributed by atoms with Crippen molar-refractivity contribution in [1.82, 2.24) is 5.32 Å². The topological polar surface area (TPSA) is 32.3 Å². The Morgan fingerprint density at radius 3 is 2.50 bits per heavy atom. The predicted molar refractivity (Wildman–Crippen MR) is 75.6 cm³/mol. The lowest BCUT2D eigenvalue weighted by Crippen LogP contribution is -2.36. The number of hydrogen-bond donors (Lipinski definition) is 2. The van der Waals surface area contributed by atoms with E-state index in [9.17, 15) is 0 Å². The van der Waals surface area contributed by atoms with Gasteiger partial charge in [0.2, 0.25) is 0 Å². The standard InChI is InChI=1S/C16H25NO/c1-12-3-5-14(6-4-12)9-16(15-7-8-15)17-10-13(2)11-18/h3-6,13,15-18H,7-11H2,1-2H3. The molecule has 0 aromatic heterocycles. The van der Waals surface area contributed by atoms with E-state index < -0.39 is 0 Å². The molecular formula is C16H25NO. The van der Waals surface area contributed by atoms with E-state index in [4.69, 9.17) is 5.11 Å². The summed E-state index contributed by atoms with van der Waals surface area (Å²) in [4.78, 5) is 0. The molecule has 1 fully saturated rings. The van der Waals surface area contributed by atoms with E-state index in [1.165, 1.54) is 24.0 Å². The smallest absolute Gasteiger partial charge is 0.0468 e. The monoisotopic (exact) mass is 247 g/mol. The minimum atomic E-state index is 0.273. The molecule has 0 aliphatic heterocycles. The first-order chi connectivity index (χ1) is 8.69. The summed E-state index contributed by atoms with van der Waals surface area (Å²) in [5, 5.41) is 12.7. The van der Waals surface area contributed by atoms with Gasteiger partial charge < -0.3 is 10.4 Å². The quantitative estimate of drug-likeness (QED) is 0.776. The van der Waals surface area contributed by atoms with Crippen molar-refractivity contribution in [3.05, 3.63) is 35.4 Å². The Morgan fingerprint density at radius 2 is 1.94 bits per heavy atom. The minimum Gasteiger partial charge on any atom is -0.396 e. The van der Waals surface area contributed by atoms with Crippen molar-refractivity contribution in [2.75, 3.05) is 13.2 Å². The van der Waals surface area contributed by atoms with E-state index in [1.807, 2.05) is 0 Å². The zero-order valence-corrected chi connectivity index (χ0v) is 11.5. The van der Waals surface area contributed by atoms with Crippen LogP contribution >= 0.6 is 0 Å². The Kier molecular flexibility index (Phi) is 4.79. The van der Waals surface area contributed by atoms with Gasteiger partial charge in [-0.25, -0.2) is 0 Å². The van der Waals surface area contributed by atoms with E-state index >= 15 is 0 Å². The molecule has 2 nitrogen and oxygen atoms in total. The fourth-order valence-corrected chi connectivity index (χ4v) is 2.30. The van der Waals surface area contributed by atoms with Gasteiger partial charge in [-0.2, -0.15) is 0 Å². The number of aryl methyl sites for hydroxylation is 1. The summed E-state index contributed by atoms with van der Waals surface area (Å²) in [6.45, 7) is 5.41. The van der Waals surface area contributed by atoms with Gasteiger partial charge in [-0.1, -0.05) is 36.8 Å². The van der Waals surface area contributed by atoms with Crippen molar-refractivity contribution < 1.29 is 5.11 Å². The molecule has 0 saturated heterocycles. The van der Waals surface area contributed by atoms with Crippen molar-refractivity contribution in [1.29, 1.82) is 0 Å². The lowest BCUT2D eigenvalue weighted by atomic mass is 10.0. The zero-order chi connectivity index (χ0) is 13.0. The zero-order valence-electron chi connectivity index (χ0n) is 11.5. The summed E-state index contributed by atoms with van der Waals surface area (Å²) in [7, 11) is 0. The first-order valence-electron chi connectivity index (χ1n) is 7.09. The Bertz CT molecular complexity index is 356.